The number of hydrogen-bond acceptors (Lipinski definition) is 5. The molecule has 1 heterocycles. The second kappa shape index (κ2) is 7.49. The number of aromatic nitrogens is 1. The van der Waals surface area contributed by atoms with Gasteiger partial charge in [-0.05, 0) is 31.4 Å². The summed E-state index contributed by atoms with van der Waals surface area (Å²) >= 11 is 6.12. The third-order valence-corrected chi connectivity index (χ3v) is 4.67. The normalized spacial score (nSPS) is 23.3. The highest BCUT2D eigenvalue weighted by molar-refractivity contribution is 6.35. The fraction of sp³-hybridized carbons (Fsp3) is 0.412. The van der Waals surface area contributed by atoms with E-state index in [1.165, 1.54) is 12.1 Å². The summed E-state index contributed by atoms with van der Waals surface area (Å²) in [6.45, 7) is 0. The van der Waals surface area contributed by atoms with Crippen molar-refractivity contribution in [3.05, 3.63) is 40.5 Å². The predicted octanol–water partition coefficient (Wildman–Crippen LogP) is 3.02. The number of nitrogens with one attached hydrogen (secondary N) is 1. The lowest BCUT2D eigenvalue weighted by Gasteiger charge is -2.29. The van der Waals surface area contributed by atoms with Crippen LogP contribution in [0.25, 0.3) is 11.3 Å². The van der Waals surface area contributed by atoms with Gasteiger partial charge < -0.3 is 20.1 Å². The third-order valence-electron chi connectivity index (χ3n) is 4.32. The molecule has 0 spiro atoms. The topological polar surface area (TPSA) is 95.6 Å². The number of aliphatic hydroxyl groups is 2. The minimum absolute atomic E-state index is 0.0285. The summed E-state index contributed by atoms with van der Waals surface area (Å²) in [5, 5.41) is 25.4. The van der Waals surface area contributed by atoms with Crippen LogP contribution in [0.4, 0.5) is 13.2 Å². The molecule has 3 atom stereocenters. The lowest BCUT2D eigenvalue weighted by molar-refractivity contribution is -0.137. The fourth-order valence-corrected chi connectivity index (χ4v) is 3.31. The van der Waals surface area contributed by atoms with Crippen LogP contribution in [-0.4, -0.2) is 39.5 Å². The summed E-state index contributed by atoms with van der Waals surface area (Å²) in [5.41, 5.74) is -0.807. The van der Waals surface area contributed by atoms with E-state index in [2.05, 4.69) is 10.5 Å². The van der Waals surface area contributed by atoms with Crippen molar-refractivity contribution < 1.29 is 32.7 Å². The highest BCUT2D eigenvalue weighted by Crippen LogP contribution is 2.34. The number of nitrogens with zero attached hydrogens (tertiary/aromatic N) is 1. The molecule has 1 aliphatic carbocycles. The van der Waals surface area contributed by atoms with E-state index >= 15 is 0 Å². The molecule has 146 valence electrons. The Morgan fingerprint density at radius 3 is 2.30 bits per heavy atom. The first-order valence-electron chi connectivity index (χ1n) is 8.15. The van der Waals surface area contributed by atoms with Crippen LogP contribution in [0.3, 0.4) is 0 Å². The maximum atomic E-state index is 12.6. The van der Waals surface area contributed by atoms with Crippen LogP contribution in [0.2, 0.25) is 5.02 Å². The van der Waals surface area contributed by atoms with Crippen LogP contribution >= 0.6 is 11.6 Å². The quantitative estimate of drug-likeness (QED) is 0.731. The number of alkyl halides is 3. The van der Waals surface area contributed by atoms with Gasteiger partial charge in [-0.2, -0.15) is 13.2 Å². The van der Waals surface area contributed by atoms with Gasteiger partial charge in [0.25, 0.3) is 5.91 Å². The van der Waals surface area contributed by atoms with Crippen LogP contribution < -0.4 is 5.32 Å². The van der Waals surface area contributed by atoms with Gasteiger partial charge in [0.15, 0.2) is 11.5 Å². The molecule has 1 aromatic heterocycles. The third kappa shape index (κ3) is 4.42. The molecule has 1 unspecified atom stereocenters. The molecular weight excluding hydrogens is 389 g/mol. The maximum absolute atomic E-state index is 12.6. The number of halogens is 4. The van der Waals surface area contributed by atoms with Crippen molar-refractivity contribution in [2.75, 3.05) is 0 Å². The first kappa shape index (κ1) is 19.7. The van der Waals surface area contributed by atoms with E-state index in [9.17, 15) is 28.2 Å². The number of rotatable bonds is 3. The van der Waals surface area contributed by atoms with Gasteiger partial charge in [-0.1, -0.05) is 28.9 Å². The molecule has 1 saturated carbocycles. The molecule has 1 fully saturated rings. The fourth-order valence-electron chi connectivity index (χ4n) is 3.04. The highest BCUT2D eigenvalue weighted by atomic mass is 35.5. The molecule has 3 rings (SSSR count). The van der Waals surface area contributed by atoms with Crippen molar-refractivity contribution in [3.63, 3.8) is 0 Å². The number of hydrogen-bond donors (Lipinski definition) is 3. The van der Waals surface area contributed by atoms with Gasteiger partial charge in [0.05, 0.1) is 17.8 Å². The monoisotopic (exact) mass is 404 g/mol. The zero-order valence-corrected chi connectivity index (χ0v) is 14.6. The van der Waals surface area contributed by atoms with Gasteiger partial charge in [0, 0.05) is 11.6 Å². The van der Waals surface area contributed by atoms with E-state index in [0.29, 0.717) is 0 Å². The molecule has 3 N–H and O–H groups in total. The molecule has 1 aromatic carbocycles. The Bertz CT molecular complexity index is 813. The van der Waals surface area contributed by atoms with Gasteiger partial charge in [0.1, 0.15) is 5.02 Å². The van der Waals surface area contributed by atoms with E-state index in [1.807, 2.05) is 0 Å². The van der Waals surface area contributed by atoms with Crippen LogP contribution in [0.1, 0.15) is 35.3 Å². The van der Waals surface area contributed by atoms with Gasteiger partial charge in [0.2, 0.25) is 0 Å². The van der Waals surface area contributed by atoms with Crippen molar-refractivity contribution >= 4 is 17.5 Å². The van der Waals surface area contributed by atoms with Crippen LogP contribution in [0.15, 0.2) is 28.8 Å². The molecule has 6 nitrogen and oxygen atoms in total. The summed E-state index contributed by atoms with van der Waals surface area (Å²) in [4.78, 5) is 12.3. The second-order valence-electron chi connectivity index (χ2n) is 6.43. The average Bonchev–Trinajstić information content (AvgIpc) is 2.95. The Hall–Kier alpha value is -2.10. The SMILES string of the molecule is O=C(NC1C[C@@H](O)C[C@@H](O)C1)c1noc(-c2ccc(C(F)(F)F)cc2)c1Cl. The first-order chi connectivity index (χ1) is 12.6. The Morgan fingerprint density at radius 1 is 1.15 bits per heavy atom. The zero-order chi connectivity index (χ0) is 19.8. The molecule has 2 aromatic rings. The summed E-state index contributed by atoms with van der Waals surface area (Å²) in [6.07, 6.45) is -5.11. The predicted molar refractivity (Wildman–Crippen MR) is 89.1 cm³/mol. The molecule has 27 heavy (non-hydrogen) atoms. The Kier molecular flexibility index (Phi) is 5.45. The number of carbonyl (C=O) groups excluding carboxylic acids is 1. The molecule has 10 heteroatoms. The molecule has 1 amide bonds. The van der Waals surface area contributed by atoms with Crippen molar-refractivity contribution in [2.24, 2.45) is 0 Å². The van der Waals surface area contributed by atoms with E-state index < -0.39 is 35.9 Å². The minimum atomic E-state index is -4.47. The van der Waals surface area contributed by atoms with Crippen molar-refractivity contribution in [1.29, 1.82) is 0 Å². The Balaban J connectivity index is 1.76. The second-order valence-corrected chi connectivity index (χ2v) is 6.81. The lowest BCUT2D eigenvalue weighted by Crippen LogP contribution is -2.44. The molecule has 1 aliphatic rings. The van der Waals surface area contributed by atoms with Crippen molar-refractivity contribution in [2.45, 2.75) is 43.7 Å². The van der Waals surface area contributed by atoms with Gasteiger partial charge in [-0.3, -0.25) is 4.79 Å². The van der Waals surface area contributed by atoms with Crippen LogP contribution in [0, 0.1) is 0 Å². The molecule has 0 radical (unpaired) electrons. The summed E-state index contributed by atoms with van der Waals surface area (Å²) in [6, 6.07) is 3.63. The van der Waals surface area contributed by atoms with Gasteiger partial charge in [-0.15, -0.1) is 0 Å². The van der Waals surface area contributed by atoms with Crippen LogP contribution in [-0.2, 0) is 6.18 Å². The standard InChI is InChI=1S/C17H16ClF3N2O4/c18-13-14(16(26)22-10-5-11(24)7-12(25)6-10)23-27-15(13)8-1-3-9(4-2-8)17(19,20)21/h1-4,10-12,24-25H,5-7H2,(H,22,26)/t10?,11-,12+. The van der Waals surface area contributed by atoms with Gasteiger partial charge >= 0.3 is 6.18 Å². The van der Waals surface area contributed by atoms with Crippen molar-refractivity contribution in [3.8, 4) is 11.3 Å². The smallest absolute Gasteiger partial charge is 0.393 e. The van der Waals surface area contributed by atoms with Gasteiger partial charge in [-0.25, -0.2) is 0 Å². The summed E-state index contributed by atoms with van der Waals surface area (Å²) in [5.74, 6) is -0.688. The van der Waals surface area contributed by atoms with E-state index in [-0.39, 0.29) is 41.3 Å². The summed E-state index contributed by atoms with van der Waals surface area (Å²) < 4.78 is 43.0. The summed E-state index contributed by atoms with van der Waals surface area (Å²) in [7, 11) is 0. The average molecular weight is 405 g/mol. The Labute approximate surface area is 156 Å². The molecule has 0 bridgehead atoms. The molecule has 0 aliphatic heterocycles. The minimum Gasteiger partial charge on any atom is -0.393 e. The van der Waals surface area contributed by atoms with E-state index in [0.717, 1.165) is 12.1 Å². The zero-order valence-electron chi connectivity index (χ0n) is 13.8. The largest absolute Gasteiger partial charge is 0.416 e. The number of benzene rings is 1. The van der Waals surface area contributed by atoms with E-state index in [1.54, 1.807) is 0 Å². The highest BCUT2D eigenvalue weighted by Gasteiger charge is 2.31. The molecule has 0 saturated heterocycles. The van der Waals surface area contributed by atoms with Crippen LogP contribution in [0.5, 0.6) is 0 Å². The Morgan fingerprint density at radius 2 is 1.74 bits per heavy atom. The lowest BCUT2D eigenvalue weighted by atomic mass is 9.90. The number of aliphatic hydroxyl groups excluding tert-OH is 2. The van der Waals surface area contributed by atoms with Crippen molar-refractivity contribution in [1.82, 2.24) is 10.5 Å². The van der Waals surface area contributed by atoms with E-state index in [4.69, 9.17) is 16.1 Å². The first-order valence-corrected chi connectivity index (χ1v) is 8.52. The number of amides is 1. The maximum Gasteiger partial charge on any atom is 0.416 e. The molecular formula is C17H16ClF3N2O4. The number of carbonyl (C=O) groups is 1.